The highest BCUT2D eigenvalue weighted by Crippen LogP contribution is 2.41. The van der Waals surface area contributed by atoms with Gasteiger partial charge in [0.1, 0.15) is 29.7 Å². The lowest BCUT2D eigenvalue weighted by atomic mass is 10.0. The molecule has 0 aliphatic carbocycles. The molecule has 10 heteroatoms. The maximum Gasteiger partial charge on any atom is 0.573 e. The molecule has 0 heterocycles. The summed E-state index contributed by atoms with van der Waals surface area (Å²) in [6, 6.07) is 14.7. The Labute approximate surface area is 187 Å². The lowest BCUT2D eigenvalue weighted by Gasteiger charge is -2.15. The van der Waals surface area contributed by atoms with E-state index < -0.39 is 18.8 Å². The second-order valence-electron chi connectivity index (χ2n) is 6.33. The van der Waals surface area contributed by atoms with Crippen molar-refractivity contribution in [2.24, 2.45) is 0 Å². The van der Waals surface area contributed by atoms with Gasteiger partial charge in [-0.25, -0.2) is 4.39 Å². The van der Waals surface area contributed by atoms with Crippen LogP contribution in [0.5, 0.6) is 28.7 Å². The number of benzene rings is 3. The summed E-state index contributed by atoms with van der Waals surface area (Å²) in [5, 5.41) is 0. The van der Waals surface area contributed by atoms with Crippen LogP contribution in [0.3, 0.4) is 0 Å². The topological polar surface area (TPSA) is 46.2 Å². The van der Waals surface area contributed by atoms with Gasteiger partial charge < -0.3 is 18.9 Å². The van der Waals surface area contributed by atoms with Gasteiger partial charge in [0.25, 0.3) is 0 Å². The van der Waals surface area contributed by atoms with Crippen LogP contribution in [0.25, 0.3) is 11.1 Å². The van der Waals surface area contributed by atoms with Crippen LogP contribution in [0.2, 0.25) is 0 Å². The van der Waals surface area contributed by atoms with Gasteiger partial charge in [0, 0.05) is 16.7 Å². The molecule has 5 nitrogen and oxygen atoms in total. The highest BCUT2D eigenvalue weighted by molar-refractivity contribution is 5.78. The maximum absolute atomic E-state index is 12.6. The van der Waals surface area contributed by atoms with Crippen molar-refractivity contribution in [1.82, 2.24) is 0 Å². The first kappa shape index (κ1) is 25.6. The van der Waals surface area contributed by atoms with E-state index in [1.54, 1.807) is 45.6 Å². The lowest BCUT2D eigenvalue weighted by Crippen LogP contribution is -2.16. The first-order valence-corrected chi connectivity index (χ1v) is 9.34. The monoisotopic (exact) mass is 472 g/mol. The highest BCUT2D eigenvalue weighted by atomic mass is 19.4. The Morgan fingerprint density at radius 2 is 1.21 bits per heavy atom. The van der Waals surface area contributed by atoms with Crippen molar-refractivity contribution < 1.29 is 46.0 Å². The molecular formula is C23H21F5O5. The zero-order chi connectivity index (χ0) is 24.4. The molecule has 0 amide bonds. The van der Waals surface area contributed by atoms with E-state index in [1.807, 2.05) is 12.1 Å². The predicted octanol–water partition coefficient (Wildman–Crippen LogP) is 6.70. The minimum Gasteiger partial charge on any atom is -0.496 e. The lowest BCUT2D eigenvalue weighted by molar-refractivity contribution is -0.274. The molecule has 0 unspecified atom stereocenters. The third-order valence-corrected chi connectivity index (χ3v) is 4.26. The van der Waals surface area contributed by atoms with Gasteiger partial charge in [-0.2, -0.15) is 0 Å². The van der Waals surface area contributed by atoms with Gasteiger partial charge in [0.05, 0.1) is 26.9 Å². The maximum atomic E-state index is 12.6. The summed E-state index contributed by atoms with van der Waals surface area (Å²) >= 11 is 0. The van der Waals surface area contributed by atoms with E-state index in [-0.39, 0.29) is 5.75 Å². The van der Waals surface area contributed by atoms with Crippen LogP contribution in [0, 0.1) is 0 Å². The van der Waals surface area contributed by atoms with E-state index in [2.05, 4.69) is 9.68 Å². The zero-order valence-electron chi connectivity index (χ0n) is 17.9. The zero-order valence-corrected chi connectivity index (χ0v) is 17.9. The van der Waals surface area contributed by atoms with Crippen LogP contribution in [-0.4, -0.2) is 27.7 Å². The Morgan fingerprint density at radius 3 is 1.61 bits per heavy atom. The Bertz CT molecular complexity index is 980. The molecule has 3 aromatic carbocycles. The third kappa shape index (κ3) is 7.44. The molecule has 0 bridgehead atoms. The second-order valence-corrected chi connectivity index (χ2v) is 6.33. The summed E-state index contributed by atoms with van der Waals surface area (Å²) in [6.45, 7) is -0.475. The standard InChI is InChI=1S/C16H17FO3.C7H4F4O2/c1-18-13-8-14(19-2)16(15(9-13)20-3)12-6-4-11(10-17)5-7-12;8-7(9,10)12-5-1-3-6(13-11)4-2-5/h4-9H,10H2,1-3H3;1-4H. The molecule has 0 aromatic heterocycles. The SMILES string of the molecule is COc1cc(OC)c(-c2ccc(CF)cc2)c(OC)c1.FOc1ccc(OC(F)(F)F)cc1. The van der Waals surface area contributed by atoms with Gasteiger partial charge in [-0.15, -0.1) is 13.2 Å². The van der Waals surface area contributed by atoms with Crippen molar-refractivity contribution in [2.45, 2.75) is 13.0 Å². The normalized spacial score (nSPS) is 10.5. The molecule has 3 rings (SSSR count). The molecule has 178 valence electrons. The smallest absolute Gasteiger partial charge is 0.496 e. The molecule has 0 atom stereocenters. The van der Waals surface area contributed by atoms with Crippen molar-refractivity contribution in [3.63, 3.8) is 0 Å². The number of alkyl halides is 4. The van der Waals surface area contributed by atoms with Crippen LogP contribution < -0.4 is 23.9 Å². The van der Waals surface area contributed by atoms with Crippen LogP contribution in [0.1, 0.15) is 5.56 Å². The molecule has 0 N–H and O–H groups in total. The van der Waals surface area contributed by atoms with Gasteiger partial charge in [-0.1, -0.05) is 24.3 Å². The Hall–Kier alpha value is -3.69. The summed E-state index contributed by atoms with van der Waals surface area (Å²) in [4.78, 5) is 3.26. The fourth-order valence-electron chi connectivity index (χ4n) is 2.74. The first-order chi connectivity index (χ1) is 15.7. The van der Waals surface area contributed by atoms with E-state index in [9.17, 15) is 22.1 Å². The van der Waals surface area contributed by atoms with Gasteiger partial charge >= 0.3 is 6.36 Å². The van der Waals surface area contributed by atoms with E-state index in [0.29, 0.717) is 22.8 Å². The number of hydrogen-bond donors (Lipinski definition) is 0. The second kappa shape index (κ2) is 11.8. The van der Waals surface area contributed by atoms with Crippen LogP contribution in [-0.2, 0) is 6.67 Å². The van der Waals surface area contributed by atoms with Crippen molar-refractivity contribution in [2.75, 3.05) is 21.3 Å². The van der Waals surface area contributed by atoms with E-state index >= 15 is 0 Å². The summed E-state index contributed by atoms with van der Waals surface area (Å²) in [5.74, 6) is 1.34. The summed E-state index contributed by atoms with van der Waals surface area (Å²) in [6.07, 6.45) is -4.74. The molecule has 0 saturated carbocycles. The fraction of sp³-hybridized carbons (Fsp3) is 0.217. The van der Waals surface area contributed by atoms with Gasteiger partial charge in [-0.3, -0.25) is 4.94 Å². The number of ether oxygens (including phenoxy) is 4. The number of halogens is 5. The summed E-state index contributed by atoms with van der Waals surface area (Å²) < 4.78 is 78.4. The van der Waals surface area contributed by atoms with Gasteiger partial charge in [-0.05, 0) is 35.4 Å². The van der Waals surface area contributed by atoms with Gasteiger partial charge in [0.2, 0.25) is 0 Å². The first-order valence-electron chi connectivity index (χ1n) is 9.34. The minimum absolute atomic E-state index is 0.186. The van der Waals surface area contributed by atoms with Crippen molar-refractivity contribution in [3.05, 3.63) is 66.2 Å². The van der Waals surface area contributed by atoms with E-state index in [1.165, 1.54) is 0 Å². The van der Waals surface area contributed by atoms with Crippen LogP contribution >= 0.6 is 0 Å². The predicted molar refractivity (Wildman–Crippen MR) is 111 cm³/mol. The molecular weight excluding hydrogens is 451 g/mol. The average Bonchev–Trinajstić information content (AvgIpc) is 2.83. The Morgan fingerprint density at radius 1 is 0.697 bits per heavy atom. The van der Waals surface area contributed by atoms with Crippen molar-refractivity contribution in [3.8, 4) is 39.9 Å². The molecule has 0 aliphatic rings. The fourth-order valence-corrected chi connectivity index (χ4v) is 2.74. The molecule has 33 heavy (non-hydrogen) atoms. The Balaban J connectivity index is 0.000000257. The Kier molecular flexibility index (Phi) is 9.14. The average molecular weight is 472 g/mol. The van der Waals surface area contributed by atoms with Crippen LogP contribution in [0.15, 0.2) is 60.7 Å². The quantitative estimate of drug-likeness (QED) is 0.358. The molecule has 0 spiro atoms. The van der Waals surface area contributed by atoms with Gasteiger partial charge in [0.15, 0.2) is 5.75 Å². The molecule has 0 fully saturated rings. The van der Waals surface area contributed by atoms with E-state index in [0.717, 1.165) is 35.4 Å². The highest BCUT2D eigenvalue weighted by Gasteiger charge is 2.31. The van der Waals surface area contributed by atoms with Crippen LogP contribution in [0.4, 0.5) is 22.1 Å². The minimum atomic E-state index is -4.74. The number of hydrogen-bond acceptors (Lipinski definition) is 5. The number of rotatable bonds is 7. The van der Waals surface area contributed by atoms with Crippen molar-refractivity contribution in [1.29, 1.82) is 0 Å². The van der Waals surface area contributed by atoms with E-state index in [4.69, 9.17) is 14.2 Å². The molecule has 0 radical (unpaired) electrons. The molecule has 0 aliphatic heterocycles. The third-order valence-electron chi connectivity index (χ3n) is 4.26. The summed E-state index contributed by atoms with van der Waals surface area (Å²) in [7, 11) is 4.77. The summed E-state index contributed by atoms with van der Waals surface area (Å²) in [5.41, 5.74) is 2.36. The largest absolute Gasteiger partial charge is 0.573 e. The van der Waals surface area contributed by atoms with Crippen molar-refractivity contribution >= 4 is 0 Å². The molecule has 0 saturated heterocycles. The molecule has 3 aromatic rings. The number of methoxy groups -OCH3 is 3.